The van der Waals surface area contributed by atoms with Gasteiger partial charge in [0, 0.05) is 10.6 Å². The van der Waals surface area contributed by atoms with E-state index in [1.165, 1.54) is 11.3 Å². The van der Waals surface area contributed by atoms with E-state index in [1.54, 1.807) is 18.2 Å². The van der Waals surface area contributed by atoms with Gasteiger partial charge in [-0.2, -0.15) is 0 Å². The fraction of sp³-hybridized carbons (Fsp3) is 0.385. The molecule has 0 amide bonds. The highest BCUT2D eigenvalue weighted by molar-refractivity contribution is 9.10. The first kappa shape index (κ1) is 15.7. The molecule has 0 spiro atoms. The predicted molar refractivity (Wildman–Crippen MR) is 85.7 cm³/mol. The molecule has 0 fully saturated rings. The van der Waals surface area contributed by atoms with Gasteiger partial charge in [0.05, 0.1) is 11.0 Å². The Hall–Kier alpha value is -0.690. The second kappa shape index (κ2) is 6.39. The Morgan fingerprint density at radius 2 is 2.10 bits per heavy atom. The molecular weight excluding hydrogens is 362 g/mol. The normalized spacial score (nSPS) is 11.7. The van der Waals surface area contributed by atoms with E-state index in [0.29, 0.717) is 22.5 Å². The van der Waals surface area contributed by atoms with Crippen LogP contribution in [0.15, 0.2) is 22.7 Å². The van der Waals surface area contributed by atoms with Gasteiger partial charge < -0.3 is 10.1 Å². The van der Waals surface area contributed by atoms with Crippen molar-refractivity contribution in [3.63, 3.8) is 0 Å². The van der Waals surface area contributed by atoms with Crippen LogP contribution in [-0.2, 0) is 6.54 Å². The minimum absolute atomic E-state index is 0.0475. The Labute approximate surface area is 135 Å². The van der Waals surface area contributed by atoms with E-state index in [-0.39, 0.29) is 5.54 Å². The molecule has 20 heavy (non-hydrogen) atoms. The van der Waals surface area contributed by atoms with Crippen LogP contribution in [0.2, 0.25) is 5.02 Å². The molecule has 0 radical (unpaired) electrons. The summed E-state index contributed by atoms with van der Waals surface area (Å²) in [5, 5.41) is 13.5. The number of aromatic nitrogens is 2. The average Bonchev–Trinajstić information content (AvgIpc) is 2.77. The zero-order valence-electron chi connectivity index (χ0n) is 11.4. The molecule has 2 rings (SSSR count). The van der Waals surface area contributed by atoms with Crippen LogP contribution in [0.25, 0.3) is 0 Å². The molecule has 1 N–H and O–H groups in total. The van der Waals surface area contributed by atoms with Gasteiger partial charge in [-0.05, 0) is 54.9 Å². The average molecular weight is 377 g/mol. The van der Waals surface area contributed by atoms with Gasteiger partial charge in [-0.1, -0.05) is 28.0 Å². The van der Waals surface area contributed by atoms with Gasteiger partial charge in [0.2, 0.25) is 0 Å². The molecule has 0 atom stereocenters. The summed E-state index contributed by atoms with van der Waals surface area (Å²) in [7, 11) is 0. The van der Waals surface area contributed by atoms with E-state index in [4.69, 9.17) is 16.3 Å². The van der Waals surface area contributed by atoms with Gasteiger partial charge in [-0.15, -0.1) is 5.10 Å². The summed E-state index contributed by atoms with van der Waals surface area (Å²) in [6, 6.07) is 5.34. The van der Waals surface area contributed by atoms with Gasteiger partial charge in [0.25, 0.3) is 5.19 Å². The van der Waals surface area contributed by atoms with E-state index >= 15 is 0 Å². The number of halogens is 2. The van der Waals surface area contributed by atoms with Gasteiger partial charge in [-0.25, -0.2) is 0 Å². The second-order valence-electron chi connectivity index (χ2n) is 5.24. The van der Waals surface area contributed by atoms with E-state index in [9.17, 15) is 0 Å². The summed E-state index contributed by atoms with van der Waals surface area (Å²) in [5.74, 6) is 0.667. The molecule has 0 aliphatic carbocycles. The number of nitrogens with zero attached hydrogens (tertiary/aromatic N) is 2. The highest BCUT2D eigenvalue weighted by Gasteiger charge is 2.12. The van der Waals surface area contributed by atoms with Crippen LogP contribution in [0.3, 0.4) is 0 Å². The van der Waals surface area contributed by atoms with Crippen LogP contribution in [-0.4, -0.2) is 15.7 Å². The third-order valence-electron chi connectivity index (χ3n) is 2.31. The van der Waals surface area contributed by atoms with Crippen LogP contribution < -0.4 is 10.1 Å². The lowest BCUT2D eigenvalue weighted by Crippen LogP contribution is -2.35. The van der Waals surface area contributed by atoms with Crippen molar-refractivity contribution >= 4 is 38.9 Å². The van der Waals surface area contributed by atoms with Crippen molar-refractivity contribution in [3.05, 3.63) is 32.7 Å². The molecule has 0 unspecified atom stereocenters. The highest BCUT2D eigenvalue weighted by Crippen LogP contribution is 2.33. The molecule has 7 heteroatoms. The molecule has 0 saturated heterocycles. The zero-order valence-corrected chi connectivity index (χ0v) is 14.6. The molecule has 2 aromatic rings. The molecule has 1 heterocycles. The molecular formula is C13H15BrClN3OS. The van der Waals surface area contributed by atoms with E-state index in [2.05, 4.69) is 52.2 Å². The second-order valence-corrected chi connectivity index (χ2v) is 7.56. The zero-order chi connectivity index (χ0) is 14.8. The maximum atomic E-state index is 5.89. The molecule has 4 nitrogen and oxygen atoms in total. The third-order valence-corrected chi connectivity index (χ3v) is 3.97. The van der Waals surface area contributed by atoms with Crippen molar-refractivity contribution in [2.24, 2.45) is 0 Å². The monoisotopic (exact) mass is 375 g/mol. The van der Waals surface area contributed by atoms with E-state index in [0.717, 1.165) is 9.48 Å². The summed E-state index contributed by atoms with van der Waals surface area (Å²) in [6.45, 7) is 7.00. The first-order valence-corrected chi connectivity index (χ1v) is 8.02. The Morgan fingerprint density at radius 1 is 1.35 bits per heavy atom. The number of benzene rings is 1. The van der Waals surface area contributed by atoms with Gasteiger partial charge in [0.1, 0.15) is 10.8 Å². The lowest BCUT2D eigenvalue weighted by Gasteiger charge is -2.19. The van der Waals surface area contributed by atoms with Crippen LogP contribution in [0.1, 0.15) is 25.8 Å². The molecule has 0 saturated carbocycles. The lowest BCUT2D eigenvalue weighted by molar-refractivity contribution is 0.423. The SMILES string of the molecule is CC(C)(C)NCc1nnc(Oc2ccc(Cl)cc2Br)s1. The van der Waals surface area contributed by atoms with Crippen LogP contribution in [0.5, 0.6) is 10.9 Å². The molecule has 1 aromatic carbocycles. The number of hydrogen-bond donors (Lipinski definition) is 1. The fourth-order valence-corrected chi connectivity index (χ4v) is 2.75. The summed E-state index contributed by atoms with van der Waals surface area (Å²) in [6.07, 6.45) is 0. The quantitative estimate of drug-likeness (QED) is 0.845. The minimum atomic E-state index is 0.0475. The first-order valence-electron chi connectivity index (χ1n) is 6.04. The topological polar surface area (TPSA) is 47.0 Å². The van der Waals surface area contributed by atoms with Crippen molar-refractivity contribution < 1.29 is 4.74 Å². The molecule has 0 bridgehead atoms. The van der Waals surface area contributed by atoms with Crippen molar-refractivity contribution in [1.82, 2.24) is 15.5 Å². The molecule has 0 aliphatic rings. The fourth-order valence-electron chi connectivity index (χ4n) is 1.34. The molecule has 108 valence electrons. The first-order chi connectivity index (χ1) is 9.33. The largest absolute Gasteiger partial charge is 0.429 e. The van der Waals surface area contributed by atoms with Gasteiger partial charge >= 0.3 is 0 Å². The smallest absolute Gasteiger partial charge is 0.299 e. The van der Waals surface area contributed by atoms with Crippen molar-refractivity contribution in [2.75, 3.05) is 0 Å². The maximum absolute atomic E-state index is 5.89. The number of hydrogen-bond acceptors (Lipinski definition) is 5. The maximum Gasteiger partial charge on any atom is 0.299 e. The number of ether oxygens (including phenoxy) is 1. The summed E-state index contributed by atoms with van der Waals surface area (Å²) in [5.41, 5.74) is 0.0475. The lowest BCUT2D eigenvalue weighted by atomic mass is 10.1. The summed E-state index contributed by atoms with van der Waals surface area (Å²) in [4.78, 5) is 0. The van der Waals surface area contributed by atoms with E-state index in [1.807, 2.05) is 0 Å². The Kier molecular flexibility index (Phi) is 5.01. The Balaban J connectivity index is 2.02. The summed E-state index contributed by atoms with van der Waals surface area (Å²) >= 11 is 10.7. The van der Waals surface area contributed by atoms with Crippen molar-refractivity contribution in [1.29, 1.82) is 0 Å². The standard InChI is InChI=1S/C13H15BrClN3OS/c1-13(2,3)16-7-11-17-18-12(20-11)19-10-5-4-8(15)6-9(10)14/h4-6,16H,7H2,1-3H3. The molecule has 1 aromatic heterocycles. The molecule has 0 aliphatic heterocycles. The van der Waals surface area contributed by atoms with Crippen LogP contribution in [0.4, 0.5) is 0 Å². The Morgan fingerprint density at radius 3 is 2.75 bits per heavy atom. The minimum Gasteiger partial charge on any atom is -0.429 e. The van der Waals surface area contributed by atoms with Crippen LogP contribution in [0, 0.1) is 0 Å². The highest BCUT2D eigenvalue weighted by atomic mass is 79.9. The van der Waals surface area contributed by atoms with E-state index < -0.39 is 0 Å². The summed E-state index contributed by atoms with van der Waals surface area (Å²) < 4.78 is 6.47. The Bertz CT molecular complexity index is 598. The van der Waals surface area contributed by atoms with Crippen molar-refractivity contribution in [3.8, 4) is 10.9 Å². The number of nitrogens with one attached hydrogen (secondary N) is 1. The van der Waals surface area contributed by atoms with Gasteiger partial charge in [0.15, 0.2) is 0 Å². The third kappa shape index (κ3) is 4.70. The number of rotatable bonds is 4. The predicted octanol–water partition coefficient (Wildman–Crippen LogP) is 4.63. The van der Waals surface area contributed by atoms with Crippen molar-refractivity contribution in [2.45, 2.75) is 32.9 Å². The van der Waals surface area contributed by atoms with Crippen LogP contribution >= 0.6 is 38.9 Å². The van der Waals surface area contributed by atoms with Gasteiger partial charge in [-0.3, -0.25) is 0 Å².